The number of methoxy groups -OCH3 is 2. The third kappa shape index (κ3) is 7.26. The normalized spacial score (nSPS) is 21.8. The summed E-state index contributed by atoms with van der Waals surface area (Å²) in [6, 6.07) is 4.24. The second kappa shape index (κ2) is 12.5. The van der Waals surface area contributed by atoms with Crippen molar-refractivity contribution < 1.29 is 33.3 Å². The summed E-state index contributed by atoms with van der Waals surface area (Å²) in [6.45, 7) is 9.64. The molecule has 3 atom stereocenters. The van der Waals surface area contributed by atoms with E-state index in [1.165, 1.54) is 11.1 Å². The van der Waals surface area contributed by atoms with E-state index in [9.17, 15) is 9.59 Å². The highest BCUT2D eigenvalue weighted by molar-refractivity contribution is 5.69. The molecule has 196 valence electrons. The Morgan fingerprint density at radius 2 is 1.74 bits per heavy atom. The van der Waals surface area contributed by atoms with Crippen molar-refractivity contribution in [3.05, 3.63) is 23.3 Å². The lowest BCUT2D eigenvalue weighted by Gasteiger charge is -2.46. The van der Waals surface area contributed by atoms with Crippen LogP contribution in [-0.4, -0.2) is 57.2 Å². The van der Waals surface area contributed by atoms with E-state index in [4.69, 9.17) is 23.7 Å². The van der Waals surface area contributed by atoms with Gasteiger partial charge in [0, 0.05) is 37.9 Å². The van der Waals surface area contributed by atoms with Crippen molar-refractivity contribution in [2.45, 2.75) is 71.9 Å². The summed E-state index contributed by atoms with van der Waals surface area (Å²) in [5, 5.41) is 0. The molecule has 1 fully saturated rings. The molecule has 2 aliphatic rings. The molecular weight excluding hydrogens is 450 g/mol. The number of piperidine rings is 1. The second-order valence-corrected chi connectivity index (χ2v) is 10.4. The average molecular weight is 492 g/mol. The van der Waals surface area contributed by atoms with Gasteiger partial charge >= 0.3 is 12.1 Å². The summed E-state index contributed by atoms with van der Waals surface area (Å²) in [5.41, 5.74) is 2.43. The van der Waals surface area contributed by atoms with Crippen molar-refractivity contribution in [3.8, 4) is 11.5 Å². The molecule has 2 heterocycles. The highest BCUT2D eigenvalue weighted by Crippen LogP contribution is 2.44. The Bertz CT molecular complexity index is 869. The van der Waals surface area contributed by atoms with Gasteiger partial charge in [-0.3, -0.25) is 9.69 Å². The topological polar surface area (TPSA) is 83.5 Å². The molecule has 0 spiro atoms. The predicted molar refractivity (Wildman–Crippen MR) is 132 cm³/mol. The minimum Gasteiger partial charge on any atom is -0.493 e. The van der Waals surface area contributed by atoms with Gasteiger partial charge in [-0.15, -0.1) is 0 Å². The van der Waals surface area contributed by atoms with Crippen molar-refractivity contribution >= 4 is 12.1 Å². The molecule has 0 unspecified atom stereocenters. The Kier molecular flexibility index (Phi) is 9.66. The fourth-order valence-corrected chi connectivity index (χ4v) is 5.07. The summed E-state index contributed by atoms with van der Waals surface area (Å²) in [6.07, 6.45) is 2.86. The van der Waals surface area contributed by atoms with E-state index >= 15 is 0 Å². The Balaban J connectivity index is 1.71. The van der Waals surface area contributed by atoms with Crippen LogP contribution in [0.2, 0.25) is 0 Å². The summed E-state index contributed by atoms with van der Waals surface area (Å²) < 4.78 is 27.0. The number of carbonyl (C=O) groups excluding carboxylic acids is 2. The third-order valence-electron chi connectivity index (χ3n) is 6.90. The highest BCUT2D eigenvalue weighted by Gasteiger charge is 2.41. The molecule has 3 rings (SSSR count). The van der Waals surface area contributed by atoms with Gasteiger partial charge in [-0.05, 0) is 47.9 Å². The molecule has 0 bridgehead atoms. The van der Waals surface area contributed by atoms with Crippen LogP contribution in [0.5, 0.6) is 11.5 Å². The van der Waals surface area contributed by atoms with E-state index in [1.54, 1.807) is 14.2 Å². The van der Waals surface area contributed by atoms with Gasteiger partial charge < -0.3 is 23.7 Å². The van der Waals surface area contributed by atoms with Crippen LogP contribution in [0, 0.1) is 17.8 Å². The molecule has 0 aromatic heterocycles. The maximum atomic E-state index is 12.5. The SMILES string of the molecule is COc1cc2c(cc1OC)[C@H]1C[C@@H](OC(=O)OCOC(=O)CC(C)C)[C@H](CCC(C)C)CN1CC2. The van der Waals surface area contributed by atoms with Gasteiger partial charge in [0.25, 0.3) is 0 Å². The summed E-state index contributed by atoms with van der Waals surface area (Å²) in [7, 11) is 3.29. The van der Waals surface area contributed by atoms with Crippen LogP contribution >= 0.6 is 0 Å². The molecule has 0 aliphatic carbocycles. The summed E-state index contributed by atoms with van der Waals surface area (Å²) in [5.74, 6) is 2.01. The monoisotopic (exact) mass is 491 g/mol. The predicted octanol–water partition coefficient (Wildman–Crippen LogP) is 5.13. The lowest BCUT2D eigenvalue weighted by atomic mass is 9.79. The number of hydrogen-bond acceptors (Lipinski definition) is 8. The van der Waals surface area contributed by atoms with Crippen molar-refractivity contribution in [2.24, 2.45) is 17.8 Å². The average Bonchev–Trinajstić information content (AvgIpc) is 2.81. The minimum absolute atomic E-state index is 0.121. The number of esters is 1. The molecule has 8 nitrogen and oxygen atoms in total. The molecular formula is C27H41NO7. The van der Waals surface area contributed by atoms with Gasteiger partial charge in [-0.25, -0.2) is 4.79 Å². The van der Waals surface area contributed by atoms with E-state index in [0.29, 0.717) is 18.1 Å². The zero-order valence-electron chi connectivity index (χ0n) is 22.0. The van der Waals surface area contributed by atoms with Crippen LogP contribution < -0.4 is 9.47 Å². The summed E-state index contributed by atoms with van der Waals surface area (Å²) in [4.78, 5) is 26.7. The van der Waals surface area contributed by atoms with Crippen LogP contribution in [0.25, 0.3) is 0 Å². The first-order valence-corrected chi connectivity index (χ1v) is 12.7. The molecule has 2 aliphatic heterocycles. The van der Waals surface area contributed by atoms with Crippen LogP contribution in [0.3, 0.4) is 0 Å². The lowest BCUT2D eigenvalue weighted by molar-refractivity contribution is -0.155. The van der Waals surface area contributed by atoms with Gasteiger partial charge in [-0.2, -0.15) is 0 Å². The lowest BCUT2D eigenvalue weighted by Crippen LogP contribution is -2.49. The van der Waals surface area contributed by atoms with Gasteiger partial charge in [0.2, 0.25) is 6.79 Å². The number of fused-ring (bicyclic) bond motifs is 3. The first-order chi connectivity index (χ1) is 16.7. The fourth-order valence-electron chi connectivity index (χ4n) is 5.07. The van der Waals surface area contributed by atoms with E-state index in [-0.39, 0.29) is 36.4 Å². The standard InChI is InChI=1S/C27H41NO7/c1-17(2)7-8-20-15-28-10-9-19-12-24(31-5)25(32-6)13-21(19)22(28)14-23(20)35-27(30)34-16-33-26(29)11-18(3)4/h12-13,17-18,20,22-23H,7-11,14-16H2,1-6H3/t20-,22-,23-/m1/s1. The molecule has 1 aromatic carbocycles. The molecule has 8 heteroatoms. The van der Waals surface area contributed by atoms with E-state index in [0.717, 1.165) is 38.1 Å². The van der Waals surface area contributed by atoms with Crippen molar-refractivity contribution in [2.75, 3.05) is 34.1 Å². The molecule has 0 radical (unpaired) electrons. The molecule has 0 amide bonds. The maximum absolute atomic E-state index is 12.5. The summed E-state index contributed by atoms with van der Waals surface area (Å²) >= 11 is 0. The minimum atomic E-state index is -0.793. The second-order valence-electron chi connectivity index (χ2n) is 10.4. The largest absolute Gasteiger partial charge is 0.511 e. The van der Waals surface area contributed by atoms with Crippen LogP contribution in [0.4, 0.5) is 4.79 Å². The molecule has 35 heavy (non-hydrogen) atoms. The number of carbonyl (C=O) groups is 2. The van der Waals surface area contributed by atoms with Gasteiger partial charge in [-0.1, -0.05) is 34.1 Å². The Hall–Kier alpha value is -2.48. The van der Waals surface area contributed by atoms with Crippen molar-refractivity contribution in [1.82, 2.24) is 4.90 Å². The van der Waals surface area contributed by atoms with E-state index < -0.39 is 12.9 Å². The third-order valence-corrected chi connectivity index (χ3v) is 6.90. The van der Waals surface area contributed by atoms with E-state index in [1.807, 2.05) is 13.8 Å². The number of hydrogen-bond donors (Lipinski definition) is 0. The highest BCUT2D eigenvalue weighted by atomic mass is 16.8. The first kappa shape index (κ1) is 27.1. The Morgan fingerprint density at radius 3 is 2.40 bits per heavy atom. The molecule has 1 saturated heterocycles. The van der Waals surface area contributed by atoms with Crippen LogP contribution in [0.15, 0.2) is 12.1 Å². The van der Waals surface area contributed by atoms with Crippen LogP contribution in [-0.2, 0) is 25.4 Å². The van der Waals surface area contributed by atoms with Gasteiger partial charge in [0.1, 0.15) is 6.10 Å². The number of rotatable bonds is 10. The molecule has 0 N–H and O–H groups in total. The molecule has 0 saturated carbocycles. The maximum Gasteiger partial charge on any atom is 0.511 e. The Morgan fingerprint density at radius 1 is 1.03 bits per heavy atom. The van der Waals surface area contributed by atoms with Crippen molar-refractivity contribution in [3.63, 3.8) is 0 Å². The fraction of sp³-hybridized carbons (Fsp3) is 0.704. The number of nitrogens with zero attached hydrogens (tertiary/aromatic N) is 1. The zero-order valence-corrected chi connectivity index (χ0v) is 22.0. The smallest absolute Gasteiger partial charge is 0.493 e. The zero-order chi connectivity index (χ0) is 25.5. The van der Waals surface area contributed by atoms with E-state index in [2.05, 4.69) is 30.9 Å². The number of ether oxygens (including phenoxy) is 5. The quantitative estimate of drug-likeness (QED) is 0.329. The first-order valence-electron chi connectivity index (χ1n) is 12.7. The van der Waals surface area contributed by atoms with Crippen LogP contribution in [0.1, 0.15) is 70.5 Å². The van der Waals surface area contributed by atoms with Crippen molar-refractivity contribution in [1.29, 1.82) is 0 Å². The number of benzene rings is 1. The van der Waals surface area contributed by atoms with Gasteiger partial charge in [0.15, 0.2) is 11.5 Å². The Labute approximate surface area is 209 Å². The molecule has 1 aromatic rings. The van der Waals surface area contributed by atoms with Gasteiger partial charge in [0.05, 0.1) is 14.2 Å².